The van der Waals surface area contributed by atoms with Gasteiger partial charge in [-0.1, -0.05) is 23.8 Å². The third kappa shape index (κ3) is 2.60. The Bertz CT molecular complexity index is 351. The average molecular weight is 204 g/mol. The summed E-state index contributed by atoms with van der Waals surface area (Å²) >= 11 is 0. The van der Waals surface area contributed by atoms with Crippen molar-refractivity contribution < 1.29 is 9.84 Å². The quantitative estimate of drug-likeness (QED) is 0.802. The highest BCUT2D eigenvalue weighted by atomic mass is 16.5. The molecular weight excluding hydrogens is 188 g/mol. The molecule has 1 unspecified atom stereocenters. The normalized spacial score (nSPS) is 23.3. The molecule has 0 radical (unpaired) electrons. The summed E-state index contributed by atoms with van der Waals surface area (Å²) in [4.78, 5) is 0. The maximum absolute atomic E-state index is 9.40. The third-order valence-electron chi connectivity index (χ3n) is 2.78. The van der Waals surface area contributed by atoms with E-state index in [0.29, 0.717) is 0 Å². The van der Waals surface area contributed by atoms with Gasteiger partial charge in [-0.05, 0) is 37.0 Å². The number of ether oxygens (including phenoxy) is 1. The summed E-state index contributed by atoms with van der Waals surface area (Å²) in [5, 5.41) is 9.40. The van der Waals surface area contributed by atoms with Crippen LogP contribution in [0.1, 0.15) is 24.8 Å². The molecule has 0 saturated heterocycles. The molecule has 2 nitrogen and oxygen atoms in total. The summed E-state index contributed by atoms with van der Waals surface area (Å²) in [5.41, 5.74) is 2.52. The zero-order chi connectivity index (χ0) is 10.7. The largest absolute Gasteiger partial charge is 0.497 e. The zero-order valence-electron chi connectivity index (χ0n) is 8.94. The van der Waals surface area contributed by atoms with Crippen molar-refractivity contribution in [2.75, 3.05) is 7.11 Å². The molecule has 1 aromatic rings. The van der Waals surface area contributed by atoms with Gasteiger partial charge in [0, 0.05) is 0 Å². The molecule has 15 heavy (non-hydrogen) atoms. The highest BCUT2D eigenvalue weighted by Crippen LogP contribution is 2.26. The van der Waals surface area contributed by atoms with Crippen LogP contribution in [0.5, 0.6) is 5.75 Å². The van der Waals surface area contributed by atoms with E-state index in [9.17, 15) is 5.11 Å². The van der Waals surface area contributed by atoms with Gasteiger partial charge in [0.2, 0.25) is 0 Å². The number of aliphatic hydroxyl groups is 1. The van der Waals surface area contributed by atoms with E-state index in [1.54, 1.807) is 7.11 Å². The molecule has 2 rings (SSSR count). The van der Waals surface area contributed by atoms with Crippen LogP contribution in [0.3, 0.4) is 0 Å². The molecule has 2 heteroatoms. The van der Waals surface area contributed by atoms with E-state index in [0.717, 1.165) is 25.0 Å². The molecule has 0 amide bonds. The van der Waals surface area contributed by atoms with Gasteiger partial charge in [0.25, 0.3) is 0 Å². The Morgan fingerprint density at radius 2 is 2.07 bits per heavy atom. The molecule has 0 spiro atoms. The molecule has 1 aliphatic carbocycles. The number of aliphatic hydroxyl groups excluding tert-OH is 1. The Labute approximate surface area is 90.2 Å². The van der Waals surface area contributed by atoms with Crippen LogP contribution in [-0.2, 0) is 0 Å². The smallest absolute Gasteiger partial charge is 0.118 e. The maximum Gasteiger partial charge on any atom is 0.118 e. The van der Waals surface area contributed by atoms with Crippen molar-refractivity contribution in [1.82, 2.24) is 0 Å². The zero-order valence-corrected chi connectivity index (χ0v) is 8.94. The van der Waals surface area contributed by atoms with Gasteiger partial charge in [0.05, 0.1) is 13.2 Å². The van der Waals surface area contributed by atoms with E-state index < -0.39 is 0 Å². The Hall–Kier alpha value is -1.28. The molecule has 80 valence electrons. The van der Waals surface area contributed by atoms with Gasteiger partial charge in [-0.25, -0.2) is 0 Å². The number of hydrogen-bond acceptors (Lipinski definition) is 2. The molecule has 0 aliphatic heterocycles. The van der Waals surface area contributed by atoms with E-state index in [-0.39, 0.29) is 6.10 Å². The Balaban J connectivity index is 2.10. The number of methoxy groups -OCH3 is 1. The summed E-state index contributed by atoms with van der Waals surface area (Å²) in [6.45, 7) is 0. The average Bonchev–Trinajstić information content (AvgIpc) is 2.65. The fourth-order valence-corrected chi connectivity index (χ4v) is 1.93. The highest BCUT2D eigenvalue weighted by molar-refractivity contribution is 5.54. The van der Waals surface area contributed by atoms with Crippen molar-refractivity contribution in [2.45, 2.75) is 25.4 Å². The number of hydrogen-bond donors (Lipinski definition) is 1. The van der Waals surface area contributed by atoms with Crippen molar-refractivity contribution in [3.8, 4) is 5.75 Å². The van der Waals surface area contributed by atoms with Crippen molar-refractivity contribution in [3.05, 3.63) is 35.4 Å². The fourth-order valence-electron chi connectivity index (χ4n) is 1.93. The van der Waals surface area contributed by atoms with Crippen LogP contribution >= 0.6 is 0 Å². The van der Waals surface area contributed by atoms with Gasteiger partial charge >= 0.3 is 0 Å². The summed E-state index contributed by atoms with van der Waals surface area (Å²) in [5.74, 6) is 0.878. The monoisotopic (exact) mass is 204 g/mol. The first kappa shape index (κ1) is 10.2. The lowest BCUT2D eigenvalue weighted by Crippen LogP contribution is -1.95. The minimum atomic E-state index is -0.130. The van der Waals surface area contributed by atoms with E-state index in [4.69, 9.17) is 4.74 Å². The molecule has 0 aromatic heterocycles. The molecule has 0 bridgehead atoms. The SMILES string of the molecule is COc1ccc(/C=C2/CCC(O)C2)cc1. The van der Waals surface area contributed by atoms with Gasteiger partial charge < -0.3 is 9.84 Å². The number of benzene rings is 1. The maximum atomic E-state index is 9.40. The van der Waals surface area contributed by atoms with Crippen LogP contribution in [0.15, 0.2) is 29.8 Å². The lowest BCUT2D eigenvalue weighted by molar-refractivity contribution is 0.186. The molecule has 1 atom stereocenters. The molecule has 1 saturated carbocycles. The molecule has 0 heterocycles. The molecule has 1 aromatic carbocycles. The minimum Gasteiger partial charge on any atom is -0.497 e. The summed E-state index contributed by atoms with van der Waals surface area (Å²) in [6.07, 6.45) is 4.78. The van der Waals surface area contributed by atoms with E-state index in [2.05, 4.69) is 6.08 Å². The Morgan fingerprint density at radius 3 is 2.60 bits per heavy atom. The summed E-state index contributed by atoms with van der Waals surface area (Å²) in [7, 11) is 1.67. The van der Waals surface area contributed by atoms with Gasteiger partial charge in [-0.15, -0.1) is 0 Å². The molecular formula is C13H16O2. The summed E-state index contributed by atoms with van der Waals surface area (Å²) < 4.78 is 5.10. The van der Waals surface area contributed by atoms with Crippen molar-refractivity contribution in [2.24, 2.45) is 0 Å². The van der Waals surface area contributed by atoms with Gasteiger partial charge in [-0.2, -0.15) is 0 Å². The number of rotatable bonds is 2. The first-order valence-corrected chi connectivity index (χ1v) is 5.29. The highest BCUT2D eigenvalue weighted by Gasteiger charge is 2.15. The van der Waals surface area contributed by atoms with Crippen LogP contribution in [0.25, 0.3) is 6.08 Å². The molecule has 1 fully saturated rings. The van der Waals surface area contributed by atoms with E-state index in [1.807, 2.05) is 24.3 Å². The topological polar surface area (TPSA) is 29.5 Å². The third-order valence-corrected chi connectivity index (χ3v) is 2.78. The van der Waals surface area contributed by atoms with Crippen LogP contribution in [0.2, 0.25) is 0 Å². The lowest BCUT2D eigenvalue weighted by Gasteiger charge is -2.01. The first-order chi connectivity index (χ1) is 7.28. The van der Waals surface area contributed by atoms with E-state index >= 15 is 0 Å². The van der Waals surface area contributed by atoms with Gasteiger partial charge in [0.1, 0.15) is 5.75 Å². The van der Waals surface area contributed by atoms with Crippen molar-refractivity contribution >= 4 is 6.08 Å². The Kier molecular flexibility index (Phi) is 3.07. The second-order valence-electron chi connectivity index (χ2n) is 3.97. The van der Waals surface area contributed by atoms with Crippen LogP contribution < -0.4 is 4.74 Å². The lowest BCUT2D eigenvalue weighted by atomic mass is 10.1. The van der Waals surface area contributed by atoms with Crippen LogP contribution in [-0.4, -0.2) is 18.3 Å². The van der Waals surface area contributed by atoms with Crippen molar-refractivity contribution in [3.63, 3.8) is 0 Å². The first-order valence-electron chi connectivity index (χ1n) is 5.29. The predicted molar refractivity (Wildman–Crippen MR) is 60.8 cm³/mol. The van der Waals surface area contributed by atoms with Crippen molar-refractivity contribution in [1.29, 1.82) is 0 Å². The predicted octanol–water partition coefficient (Wildman–Crippen LogP) is 2.62. The van der Waals surface area contributed by atoms with Crippen LogP contribution in [0.4, 0.5) is 0 Å². The second-order valence-corrected chi connectivity index (χ2v) is 3.97. The van der Waals surface area contributed by atoms with Crippen LogP contribution in [0, 0.1) is 0 Å². The molecule has 1 aliphatic rings. The van der Waals surface area contributed by atoms with Gasteiger partial charge in [-0.3, -0.25) is 0 Å². The fraction of sp³-hybridized carbons (Fsp3) is 0.385. The Morgan fingerprint density at radius 1 is 1.33 bits per heavy atom. The summed E-state index contributed by atoms with van der Waals surface area (Å²) in [6, 6.07) is 7.99. The minimum absolute atomic E-state index is 0.130. The van der Waals surface area contributed by atoms with Gasteiger partial charge in [0.15, 0.2) is 0 Å². The standard InChI is InChI=1S/C13H16O2/c1-15-13-6-3-10(4-7-13)8-11-2-5-12(14)9-11/h3-4,6-8,12,14H,2,5,9H2,1H3/b11-8-. The second kappa shape index (κ2) is 4.49. The molecule has 1 N–H and O–H groups in total. The van der Waals surface area contributed by atoms with E-state index in [1.165, 1.54) is 11.1 Å².